The molecule has 0 fully saturated rings. The fourth-order valence-electron chi connectivity index (χ4n) is 1.67. The molecule has 0 aromatic heterocycles. The van der Waals surface area contributed by atoms with Crippen LogP contribution in [-0.4, -0.2) is 16.9 Å². The van der Waals surface area contributed by atoms with Crippen LogP contribution in [0.4, 0.5) is 0 Å². The molecule has 0 aliphatic heterocycles. The first kappa shape index (κ1) is 12.8. The molecule has 2 aromatic rings. The zero-order valence-corrected chi connectivity index (χ0v) is 10.1. The highest BCUT2D eigenvalue weighted by atomic mass is 16.4. The maximum absolute atomic E-state index is 12.1. The maximum atomic E-state index is 12.1. The Morgan fingerprint density at radius 3 is 2.00 bits per heavy atom. The average molecular weight is 252 g/mol. The number of carboxylic acid groups (broad SMARTS) is 1. The van der Waals surface area contributed by atoms with Crippen molar-refractivity contribution in [1.82, 2.24) is 0 Å². The Morgan fingerprint density at radius 1 is 0.842 bits per heavy atom. The number of benzene rings is 2. The second kappa shape index (κ2) is 5.78. The first-order valence-electron chi connectivity index (χ1n) is 5.77. The van der Waals surface area contributed by atoms with Crippen molar-refractivity contribution < 1.29 is 14.7 Å². The molecule has 1 N–H and O–H groups in total. The molecule has 0 amide bonds. The van der Waals surface area contributed by atoms with Crippen LogP contribution in [0.3, 0.4) is 0 Å². The second-order valence-corrected chi connectivity index (χ2v) is 3.99. The van der Waals surface area contributed by atoms with Gasteiger partial charge in [0.05, 0.1) is 0 Å². The van der Waals surface area contributed by atoms with E-state index in [0.29, 0.717) is 11.1 Å². The van der Waals surface area contributed by atoms with Gasteiger partial charge in [-0.3, -0.25) is 4.79 Å². The van der Waals surface area contributed by atoms with Gasteiger partial charge in [-0.25, -0.2) is 4.79 Å². The fourth-order valence-corrected chi connectivity index (χ4v) is 1.67. The third-order valence-corrected chi connectivity index (χ3v) is 2.63. The van der Waals surface area contributed by atoms with Gasteiger partial charge in [0.25, 0.3) is 0 Å². The lowest BCUT2D eigenvalue weighted by atomic mass is 10.0. The Labute approximate surface area is 110 Å². The van der Waals surface area contributed by atoms with Crippen molar-refractivity contribution in [2.75, 3.05) is 0 Å². The minimum absolute atomic E-state index is 0.0469. The van der Waals surface area contributed by atoms with Crippen LogP contribution < -0.4 is 0 Å². The van der Waals surface area contributed by atoms with Gasteiger partial charge in [-0.1, -0.05) is 54.6 Å². The van der Waals surface area contributed by atoms with Crippen molar-refractivity contribution in [3.05, 3.63) is 77.4 Å². The van der Waals surface area contributed by atoms with E-state index >= 15 is 0 Å². The van der Waals surface area contributed by atoms with E-state index in [2.05, 4.69) is 0 Å². The van der Waals surface area contributed by atoms with Gasteiger partial charge in [0, 0.05) is 17.2 Å². The normalized spacial score (nSPS) is 10.5. The van der Waals surface area contributed by atoms with Crippen molar-refractivity contribution >= 4 is 17.8 Å². The summed E-state index contributed by atoms with van der Waals surface area (Å²) in [6, 6.07) is 15.8. The molecule has 0 unspecified atom stereocenters. The molecule has 3 nitrogen and oxygen atoms in total. The molecule has 94 valence electrons. The molecule has 0 spiro atoms. The van der Waals surface area contributed by atoms with Gasteiger partial charge in [0.15, 0.2) is 5.78 Å². The van der Waals surface area contributed by atoms with Crippen molar-refractivity contribution in [2.45, 2.75) is 0 Å². The summed E-state index contributed by atoms with van der Waals surface area (Å²) in [5, 5.41) is 8.53. The summed E-state index contributed by atoms with van der Waals surface area (Å²) >= 11 is 0. The zero-order valence-electron chi connectivity index (χ0n) is 10.1. The largest absolute Gasteiger partial charge is 0.478 e. The molecule has 19 heavy (non-hydrogen) atoms. The average Bonchev–Trinajstić information content (AvgIpc) is 2.46. The Hall–Kier alpha value is -2.68. The Bertz CT molecular complexity index is 610. The van der Waals surface area contributed by atoms with Crippen molar-refractivity contribution in [3.63, 3.8) is 0 Å². The summed E-state index contributed by atoms with van der Waals surface area (Å²) in [6.07, 6.45) is 2.55. The quantitative estimate of drug-likeness (QED) is 0.672. The van der Waals surface area contributed by atoms with Crippen LogP contribution in [0.25, 0.3) is 6.08 Å². The molecule has 0 atom stereocenters. The Balaban J connectivity index is 2.19. The summed E-state index contributed by atoms with van der Waals surface area (Å²) in [4.78, 5) is 22.5. The molecule has 2 rings (SSSR count). The predicted molar refractivity (Wildman–Crippen MR) is 73.0 cm³/mol. The number of carbonyl (C=O) groups excluding carboxylic acids is 1. The van der Waals surface area contributed by atoms with Crippen LogP contribution in [0.15, 0.2) is 60.7 Å². The highest BCUT2D eigenvalue weighted by Gasteiger charge is 2.07. The van der Waals surface area contributed by atoms with Gasteiger partial charge in [0.1, 0.15) is 0 Å². The minimum atomic E-state index is -0.996. The topological polar surface area (TPSA) is 54.4 Å². The van der Waals surface area contributed by atoms with E-state index in [1.54, 1.807) is 36.4 Å². The van der Waals surface area contributed by atoms with E-state index < -0.39 is 5.97 Å². The van der Waals surface area contributed by atoms with Crippen LogP contribution in [-0.2, 0) is 4.79 Å². The van der Waals surface area contributed by atoms with E-state index in [1.165, 1.54) is 6.08 Å². The zero-order chi connectivity index (χ0) is 13.7. The molecular weight excluding hydrogens is 240 g/mol. The van der Waals surface area contributed by atoms with Gasteiger partial charge < -0.3 is 5.11 Å². The summed E-state index contributed by atoms with van der Waals surface area (Å²) in [6.45, 7) is 0. The van der Waals surface area contributed by atoms with Gasteiger partial charge in [-0.2, -0.15) is 0 Å². The van der Waals surface area contributed by atoms with Crippen LogP contribution in [0.5, 0.6) is 0 Å². The van der Waals surface area contributed by atoms with E-state index in [9.17, 15) is 9.59 Å². The molecule has 0 bridgehead atoms. The molecule has 3 heteroatoms. The monoisotopic (exact) mass is 252 g/mol. The van der Waals surface area contributed by atoms with Crippen LogP contribution in [0, 0.1) is 0 Å². The number of hydrogen-bond acceptors (Lipinski definition) is 2. The highest BCUT2D eigenvalue weighted by molar-refractivity contribution is 6.09. The predicted octanol–water partition coefficient (Wildman–Crippen LogP) is 3.02. The highest BCUT2D eigenvalue weighted by Crippen LogP contribution is 2.11. The smallest absolute Gasteiger partial charge is 0.328 e. The first-order valence-corrected chi connectivity index (χ1v) is 5.77. The van der Waals surface area contributed by atoms with Crippen LogP contribution in [0.2, 0.25) is 0 Å². The Morgan fingerprint density at radius 2 is 1.42 bits per heavy atom. The van der Waals surface area contributed by atoms with Gasteiger partial charge >= 0.3 is 5.97 Å². The van der Waals surface area contributed by atoms with Gasteiger partial charge in [0.2, 0.25) is 0 Å². The van der Waals surface area contributed by atoms with Gasteiger partial charge in [-0.05, 0) is 11.6 Å². The number of carbonyl (C=O) groups is 2. The maximum Gasteiger partial charge on any atom is 0.328 e. The molecule has 0 heterocycles. The molecule has 0 radical (unpaired) electrons. The number of carboxylic acids is 1. The summed E-state index contributed by atoms with van der Waals surface area (Å²) in [7, 11) is 0. The fraction of sp³-hybridized carbons (Fsp3) is 0. The number of aliphatic carboxylic acids is 1. The molecule has 0 aliphatic rings. The van der Waals surface area contributed by atoms with E-state index in [4.69, 9.17) is 5.11 Å². The third kappa shape index (κ3) is 3.39. The summed E-state index contributed by atoms with van der Waals surface area (Å²) in [5.41, 5.74) is 1.96. The third-order valence-electron chi connectivity index (χ3n) is 2.63. The molecule has 0 saturated carbocycles. The van der Waals surface area contributed by atoms with Crippen molar-refractivity contribution in [1.29, 1.82) is 0 Å². The van der Waals surface area contributed by atoms with Crippen molar-refractivity contribution in [3.8, 4) is 0 Å². The lowest BCUT2D eigenvalue weighted by Gasteiger charge is -2.01. The second-order valence-electron chi connectivity index (χ2n) is 3.99. The van der Waals surface area contributed by atoms with E-state index in [1.807, 2.05) is 18.2 Å². The lowest BCUT2D eigenvalue weighted by Crippen LogP contribution is -2.00. The van der Waals surface area contributed by atoms with E-state index in [-0.39, 0.29) is 5.78 Å². The van der Waals surface area contributed by atoms with Crippen LogP contribution >= 0.6 is 0 Å². The minimum Gasteiger partial charge on any atom is -0.478 e. The SMILES string of the molecule is O=C(O)C=Cc1ccc(C(=O)c2ccccc2)cc1. The molecular formula is C16H12O3. The van der Waals surface area contributed by atoms with Crippen LogP contribution in [0.1, 0.15) is 21.5 Å². The van der Waals surface area contributed by atoms with E-state index in [0.717, 1.165) is 11.6 Å². The number of ketones is 1. The summed E-state index contributed by atoms with van der Waals surface area (Å²) in [5.74, 6) is -1.04. The molecule has 2 aromatic carbocycles. The molecule has 0 saturated heterocycles. The number of hydrogen-bond donors (Lipinski definition) is 1. The van der Waals surface area contributed by atoms with Gasteiger partial charge in [-0.15, -0.1) is 0 Å². The standard InChI is InChI=1S/C16H12O3/c17-15(18)11-8-12-6-9-14(10-7-12)16(19)13-4-2-1-3-5-13/h1-11H,(H,17,18). The molecule has 0 aliphatic carbocycles. The number of rotatable bonds is 4. The Kier molecular flexibility index (Phi) is 3.88. The van der Waals surface area contributed by atoms with Crippen molar-refractivity contribution in [2.24, 2.45) is 0 Å². The first-order chi connectivity index (χ1) is 9.16. The summed E-state index contributed by atoms with van der Waals surface area (Å²) < 4.78 is 0. The lowest BCUT2D eigenvalue weighted by molar-refractivity contribution is -0.131.